The van der Waals surface area contributed by atoms with E-state index in [0.29, 0.717) is 19.3 Å². The Labute approximate surface area is 390 Å². The number of carbonyl (C=O) groups excluding carboxylic acids is 2. The SMILES string of the molecule is CC/C=C/C/C=C/CCCCCCCCCCCCCCCCC(=O)OC(COCCC(C(=O)O)[N+](C)(C)C)COC(=O)CCCCCCCCCCCCCCCCCCCC. The maximum atomic E-state index is 12.8. The summed E-state index contributed by atoms with van der Waals surface area (Å²) >= 11 is 0. The molecule has 0 aliphatic heterocycles. The molecular weight excluding hydrogens is 787 g/mol. The summed E-state index contributed by atoms with van der Waals surface area (Å²) < 4.78 is 17.4. The lowest BCUT2D eigenvalue weighted by Gasteiger charge is -2.31. The van der Waals surface area contributed by atoms with Gasteiger partial charge in [-0.15, -0.1) is 0 Å². The number of aliphatic carboxylic acids is 1. The third-order valence-corrected chi connectivity index (χ3v) is 12.4. The second-order valence-electron chi connectivity index (χ2n) is 19.5. The van der Waals surface area contributed by atoms with Crippen molar-refractivity contribution in [3.05, 3.63) is 24.3 Å². The summed E-state index contributed by atoms with van der Waals surface area (Å²) in [4.78, 5) is 37.2. The van der Waals surface area contributed by atoms with Gasteiger partial charge in [-0.3, -0.25) is 9.59 Å². The number of carbonyl (C=O) groups is 3. The van der Waals surface area contributed by atoms with Gasteiger partial charge in [0.2, 0.25) is 0 Å². The first-order valence-corrected chi connectivity index (χ1v) is 26.9. The molecule has 0 radical (unpaired) electrons. The Morgan fingerprint density at radius 3 is 1.30 bits per heavy atom. The van der Waals surface area contributed by atoms with Crippen LogP contribution in [0.5, 0.6) is 0 Å². The van der Waals surface area contributed by atoms with Crippen LogP contribution in [0.4, 0.5) is 0 Å². The van der Waals surface area contributed by atoms with E-state index in [-0.39, 0.29) is 36.2 Å². The fourth-order valence-electron chi connectivity index (χ4n) is 8.25. The lowest BCUT2D eigenvalue weighted by atomic mass is 10.0. The number of hydrogen-bond acceptors (Lipinski definition) is 6. The van der Waals surface area contributed by atoms with Crippen molar-refractivity contribution in [1.82, 2.24) is 0 Å². The highest BCUT2D eigenvalue weighted by molar-refractivity contribution is 5.72. The van der Waals surface area contributed by atoms with Gasteiger partial charge in [-0.05, 0) is 38.5 Å². The highest BCUT2D eigenvalue weighted by Crippen LogP contribution is 2.17. The Hall–Kier alpha value is -2.19. The van der Waals surface area contributed by atoms with Crippen LogP contribution in [0.1, 0.15) is 258 Å². The standard InChI is InChI=1S/C55H103NO7/c1-6-8-10-12-14-16-18-20-22-24-26-27-28-30-32-34-36-38-40-42-44-46-54(58)63-51(49-61-48-47-52(55(59)60)56(3,4)5)50-62-53(57)45-43-41-39-37-35-33-31-29-25-23-21-19-17-15-13-11-9-7-2/h8,10,14,16,51-52H,6-7,9,11-13,15,17-50H2,1-5H3/p+1/b10-8+,16-14+. The molecule has 0 fully saturated rings. The number of quaternary nitrogens is 1. The minimum atomic E-state index is -0.871. The van der Waals surface area contributed by atoms with E-state index in [9.17, 15) is 19.5 Å². The zero-order valence-electron chi connectivity index (χ0n) is 42.3. The molecule has 0 saturated carbocycles. The van der Waals surface area contributed by atoms with Crippen molar-refractivity contribution in [2.45, 2.75) is 270 Å². The largest absolute Gasteiger partial charge is 0.477 e. The molecule has 0 aliphatic rings. The topological polar surface area (TPSA) is 99.1 Å². The third-order valence-electron chi connectivity index (χ3n) is 12.4. The molecule has 0 aromatic rings. The Morgan fingerprint density at radius 2 is 0.889 bits per heavy atom. The van der Waals surface area contributed by atoms with E-state index in [2.05, 4.69) is 38.2 Å². The van der Waals surface area contributed by atoms with E-state index >= 15 is 0 Å². The number of likely N-dealkylation sites (N-methyl/N-ethyl adjacent to an activating group) is 1. The number of rotatable bonds is 49. The molecule has 0 bridgehead atoms. The molecule has 0 aliphatic carbocycles. The van der Waals surface area contributed by atoms with Gasteiger partial charge in [-0.2, -0.15) is 0 Å². The second-order valence-corrected chi connectivity index (χ2v) is 19.5. The highest BCUT2D eigenvalue weighted by atomic mass is 16.6. The van der Waals surface area contributed by atoms with Gasteiger partial charge in [0, 0.05) is 19.3 Å². The van der Waals surface area contributed by atoms with E-state index in [0.717, 1.165) is 51.4 Å². The summed E-state index contributed by atoms with van der Waals surface area (Å²) in [7, 11) is 5.55. The molecule has 0 amide bonds. The van der Waals surface area contributed by atoms with E-state index < -0.39 is 18.1 Å². The molecule has 370 valence electrons. The first kappa shape index (κ1) is 60.8. The van der Waals surface area contributed by atoms with Crippen LogP contribution in [0.15, 0.2) is 24.3 Å². The fraction of sp³-hybridized carbons (Fsp3) is 0.873. The second kappa shape index (κ2) is 46.3. The minimum Gasteiger partial charge on any atom is -0.477 e. The number of unbranched alkanes of at least 4 members (excludes halogenated alkanes) is 31. The number of esters is 2. The van der Waals surface area contributed by atoms with E-state index in [1.807, 2.05) is 21.1 Å². The maximum Gasteiger partial charge on any atom is 0.362 e. The highest BCUT2D eigenvalue weighted by Gasteiger charge is 2.31. The molecule has 0 saturated heterocycles. The molecule has 8 heteroatoms. The van der Waals surface area contributed by atoms with Crippen LogP contribution in [0, 0.1) is 0 Å². The van der Waals surface area contributed by atoms with Gasteiger partial charge in [0.1, 0.15) is 6.61 Å². The van der Waals surface area contributed by atoms with Crippen molar-refractivity contribution in [3.63, 3.8) is 0 Å². The van der Waals surface area contributed by atoms with Crippen LogP contribution in [0.2, 0.25) is 0 Å². The lowest BCUT2D eigenvalue weighted by molar-refractivity contribution is -0.887. The fourth-order valence-corrected chi connectivity index (χ4v) is 8.25. The molecule has 0 spiro atoms. The van der Waals surface area contributed by atoms with Gasteiger partial charge in [-0.1, -0.05) is 224 Å². The summed E-state index contributed by atoms with van der Waals surface area (Å²) in [5.41, 5.74) is 0. The van der Waals surface area contributed by atoms with Gasteiger partial charge in [0.15, 0.2) is 12.1 Å². The van der Waals surface area contributed by atoms with Crippen molar-refractivity contribution in [1.29, 1.82) is 0 Å². The summed E-state index contributed by atoms with van der Waals surface area (Å²) in [6.07, 6.45) is 53.7. The Balaban J connectivity index is 4.17. The van der Waals surface area contributed by atoms with Crippen molar-refractivity contribution >= 4 is 17.9 Å². The van der Waals surface area contributed by atoms with Crippen LogP contribution >= 0.6 is 0 Å². The van der Waals surface area contributed by atoms with Crippen molar-refractivity contribution in [2.75, 3.05) is 41.0 Å². The maximum absolute atomic E-state index is 12.8. The summed E-state index contributed by atoms with van der Waals surface area (Å²) in [5, 5.41) is 9.66. The van der Waals surface area contributed by atoms with Crippen LogP contribution in [0.25, 0.3) is 0 Å². The predicted molar refractivity (Wildman–Crippen MR) is 266 cm³/mol. The molecule has 0 aromatic heterocycles. The molecule has 63 heavy (non-hydrogen) atoms. The molecule has 2 atom stereocenters. The van der Waals surface area contributed by atoms with Gasteiger partial charge in [0.25, 0.3) is 0 Å². The molecule has 8 nitrogen and oxygen atoms in total. The van der Waals surface area contributed by atoms with Gasteiger partial charge >= 0.3 is 17.9 Å². The number of hydrogen-bond donors (Lipinski definition) is 1. The minimum absolute atomic E-state index is 0.0449. The third kappa shape index (κ3) is 44.8. The van der Waals surface area contributed by atoms with Crippen molar-refractivity contribution in [2.24, 2.45) is 0 Å². The Kier molecular flexibility index (Phi) is 44.7. The van der Waals surface area contributed by atoms with Crippen LogP contribution in [-0.2, 0) is 28.6 Å². The van der Waals surface area contributed by atoms with E-state index in [1.165, 1.54) is 173 Å². The average Bonchev–Trinajstić information content (AvgIpc) is 3.24. The summed E-state index contributed by atoms with van der Waals surface area (Å²) in [6.45, 7) is 4.69. The molecule has 0 aromatic carbocycles. The normalized spacial score (nSPS) is 13.0. The first-order valence-electron chi connectivity index (χ1n) is 26.9. The Morgan fingerprint density at radius 1 is 0.492 bits per heavy atom. The monoisotopic (exact) mass is 891 g/mol. The smallest absolute Gasteiger partial charge is 0.362 e. The predicted octanol–water partition coefficient (Wildman–Crippen LogP) is 15.6. The summed E-state index contributed by atoms with van der Waals surface area (Å²) in [6, 6.07) is -0.612. The van der Waals surface area contributed by atoms with E-state index in [4.69, 9.17) is 14.2 Å². The number of carboxylic acid groups (broad SMARTS) is 1. The molecule has 2 unspecified atom stereocenters. The van der Waals surface area contributed by atoms with E-state index in [1.54, 1.807) is 0 Å². The van der Waals surface area contributed by atoms with Gasteiger partial charge in [0.05, 0.1) is 34.4 Å². The van der Waals surface area contributed by atoms with Gasteiger partial charge < -0.3 is 23.8 Å². The zero-order chi connectivity index (χ0) is 46.3. The first-order chi connectivity index (χ1) is 30.6. The van der Waals surface area contributed by atoms with Crippen molar-refractivity contribution < 1.29 is 38.2 Å². The molecule has 0 heterocycles. The average molecular weight is 891 g/mol. The number of ether oxygens (including phenoxy) is 3. The molecule has 0 rings (SSSR count). The Bertz CT molecular complexity index is 1080. The van der Waals surface area contributed by atoms with Crippen LogP contribution in [-0.4, -0.2) is 80.6 Å². The molecular formula is C55H104NO7+. The number of carboxylic acids is 1. The van der Waals surface area contributed by atoms with Crippen LogP contribution in [0.3, 0.4) is 0 Å². The molecule has 1 N–H and O–H groups in total. The number of allylic oxidation sites excluding steroid dienone is 4. The zero-order valence-corrected chi connectivity index (χ0v) is 42.3. The van der Waals surface area contributed by atoms with Gasteiger partial charge in [-0.25, -0.2) is 4.79 Å². The lowest BCUT2D eigenvalue weighted by Crippen LogP contribution is -2.50. The van der Waals surface area contributed by atoms with Crippen LogP contribution < -0.4 is 0 Å². The van der Waals surface area contributed by atoms with Crippen molar-refractivity contribution in [3.8, 4) is 0 Å². The number of nitrogens with zero attached hydrogens (tertiary/aromatic N) is 1. The summed E-state index contributed by atoms with van der Waals surface area (Å²) in [5.74, 6) is -1.44. The quantitative estimate of drug-likeness (QED) is 0.0281.